The number of nitrogens with zero attached hydrogens (tertiary/aromatic N) is 2. The van der Waals surface area contributed by atoms with Crippen LogP contribution in [0.25, 0.3) is 0 Å². The van der Waals surface area contributed by atoms with Crippen molar-refractivity contribution in [2.24, 2.45) is 7.05 Å². The van der Waals surface area contributed by atoms with Gasteiger partial charge in [0.25, 0.3) is 5.91 Å². The van der Waals surface area contributed by atoms with Gasteiger partial charge in [-0.1, -0.05) is 19.1 Å². The van der Waals surface area contributed by atoms with E-state index in [1.165, 1.54) is 5.56 Å². The molecule has 0 unspecified atom stereocenters. The fraction of sp³-hybridized carbons (Fsp3) is 0.333. The molecular formula is C15H19N3O. The lowest BCUT2D eigenvalue weighted by atomic mass is 10.1. The van der Waals surface area contributed by atoms with Crippen LogP contribution in [0, 0.1) is 13.8 Å². The summed E-state index contributed by atoms with van der Waals surface area (Å²) in [4.78, 5) is 12.3. The number of nitrogens with one attached hydrogen (secondary N) is 1. The highest BCUT2D eigenvalue weighted by atomic mass is 16.1. The molecule has 1 aromatic carbocycles. The van der Waals surface area contributed by atoms with E-state index >= 15 is 0 Å². The summed E-state index contributed by atoms with van der Waals surface area (Å²) in [5.41, 5.74) is 4.35. The first-order valence-electron chi connectivity index (χ1n) is 6.43. The van der Waals surface area contributed by atoms with Crippen LogP contribution in [0.2, 0.25) is 0 Å². The summed E-state index contributed by atoms with van der Waals surface area (Å²) in [6, 6.07) is 7.91. The van der Waals surface area contributed by atoms with Gasteiger partial charge < -0.3 is 5.32 Å². The maximum absolute atomic E-state index is 12.3. The van der Waals surface area contributed by atoms with E-state index in [9.17, 15) is 4.79 Å². The van der Waals surface area contributed by atoms with Crippen molar-refractivity contribution in [1.29, 1.82) is 0 Å². The van der Waals surface area contributed by atoms with Gasteiger partial charge in [0, 0.05) is 18.4 Å². The molecule has 0 spiro atoms. The molecule has 0 bridgehead atoms. The van der Waals surface area contributed by atoms with Crippen LogP contribution in [0.1, 0.15) is 34.2 Å². The van der Waals surface area contributed by atoms with E-state index in [1.807, 2.05) is 45.2 Å². The molecule has 0 aliphatic carbocycles. The molecule has 0 saturated heterocycles. The number of aromatic nitrogens is 2. The van der Waals surface area contributed by atoms with Gasteiger partial charge in [0.2, 0.25) is 0 Å². The molecule has 0 fully saturated rings. The molecule has 1 amide bonds. The molecule has 2 rings (SSSR count). The van der Waals surface area contributed by atoms with Crippen LogP contribution in [0.4, 0.5) is 5.69 Å². The Morgan fingerprint density at radius 2 is 1.89 bits per heavy atom. The largest absolute Gasteiger partial charge is 0.322 e. The number of rotatable bonds is 3. The summed E-state index contributed by atoms with van der Waals surface area (Å²) >= 11 is 0. The van der Waals surface area contributed by atoms with Gasteiger partial charge in [-0.3, -0.25) is 9.48 Å². The van der Waals surface area contributed by atoms with Crippen LogP contribution in [-0.2, 0) is 13.5 Å². The fourth-order valence-corrected chi connectivity index (χ4v) is 2.12. The summed E-state index contributed by atoms with van der Waals surface area (Å²) in [5.74, 6) is -0.104. The smallest absolute Gasteiger partial charge is 0.259 e. The highest BCUT2D eigenvalue weighted by Crippen LogP contribution is 2.16. The maximum Gasteiger partial charge on any atom is 0.259 e. The van der Waals surface area contributed by atoms with Crippen LogP contribution in [0.3, 0.4) is 0 Å². The minimum absolute atomic E-state index is 0.104. The minimum atomic E-state index is -0.104. The first-order chi connectivity index (χ1) is 9.02. The molecule has 19 heavy (non-hydrogen) atoms. The number of anilines is 1. The van der Waals surface area contributed by atoms with E-state index < -0.39 is 0 Å². The molecule has 0 aliphatic rings. The first kappa shape index (κ1) is 13.3. The van der Waals surface area contributed by atoms with Crippen molar-refractivity contribution in [3.8, 4) is 0 Å². The number of carbonyl (C=O) groups is 1. The summed E-state index contributed by atoms with van der Waals surface area (Å²) in [7, 11) is 1.84. The standard InChI is InChI=1S/C15H19N3O/c1-5-12-6-8-13(9-7-12)16-15(19)14-10(2)17-18(4)11(14)3/h6-9H,5H2,1-4H3,(H,16,19). The zero-order valence-electron chi connectivity index (χ0n) is 11.8. The lowest BCUT2D eigenvalue weighted by Gasteiger charge is -2.06. The summed E-state index contributed by atoms with van der Waals surface area (Å²) in [6.45, 7) is 5.85. The van der Waals surface area contributed by atoms with Gasteiger partial charge in [-0.15, -0.1) is 0 Å². The topological polar surface area (TPSA) is 46.9 Å². The molecule has 1 heterocycles. The van der Waals surface area contributed by atoms with E-state index in [4.69, 9.17) is 0 Å². The Balaban J connectivity index is 2.20. The zero-order chi connectivity index (χ0) is 14.0. The molecule has 0 atom stereocenters. The van der Waals surface area contributed by atoms with Gasteiger partial charge in [-0.05, 0) is 38.0 Å². The van der Waals surface area contributed by atoms with E-state index in [-0.39, 0.29) is 5.91 Å². The van der Waals surface area contributed by atoms with Crippen molar-refractivity contribution in [2.75, 3.05) is 5.32 Å². The molecule has 0 radical (unpaired) electrons. The monoisotopic (exact) mass is 257 g/mol. The molecule has 1 aromatic heterocycles. The summed E-state index contributed by atoms with van der Waals surface area (Å²) in [6.07, 6.45) is 0.995. The van der Waals surface area contributed by atoms with Crippen molar-refractivity contribution in [2.45, 2.75) is 27.2 Å². The van der Waals surface area contributed by atoms with Crippen LogP contribution >= 0.6 is 0 Å². The Hall–Kier alpha value is -2.10. The third kappa shape index (κ3) is 2.67. The predicted molar refractivity (Wildman–Crippen MR) is 76.5 cm³/mol. The summed E-state index contributed by atoms with van der Waals surface area (Å²) < 4.78 is 1.73. The number of aryl methyl sites for hydroxylation is 3. The predicted octanol–water partition coefficient (Wildman–Crippen LogP) is 2.85. The van der Waals surface area contributed by atoms with E-state index in [2.05, 4.69) is 17.3 Å². The maximum atomic E-state index is 12.3. The average Bonchev–Trinajstić information content (AvgIpc) is 2.64. The molecule has 4 heteroatoms. The van der Waals surface area contributed by atoms with Crippen molar-refractivity contribution >= 4 is 11.6 Å². The third-order valence-electron chi connectivity index (χ3n) is 3.36. The lowest BCUT2D eigenvalue weighted by molar-refractivity contribution is 0.102. The number of amides is 1. The highest BCUT2D eigenvalue weighted by Gasteiger charge is 2.17. The quantitative estimate of drug-likeness (QED) is 0.919. The van der Waals surface area contributed by atoms with E-state index in [0.29, 0.717) is 5.56 Å². The number of benzene rings is 1. The number of carbonyl (C=O) groups excluding carboxylic acids is 1. The van der Waals surface area contributed by atoms with Crippen LogP contribution in [-0.4, -0.2) is 15.7 Å². The van der Waals surface area contributed by atoms with Gasteiger partial charge in [0.05, 0.1) is 11.3 Å². The van der Waals surface area contributed by atoms with Crippen molar-refractivity contribution in [3.63, 3.8) is 0 Å². The van der Waals surface area contributed by atoms with E-state index in [1.54, 1.807) is 4.68 Å². The Morgan fingerprint density at radius 3 is 2.37 bits per heavy atom. The number of hydrogen-bond donors (Lipinski definition) is 1. The lowest BCUT2D eigenvalue weighted by Crippen LogP contribution is -2.14. The summed E-state index contributed by atoms with van der Waals surface area (Å²) in [5, 5.41) is 7.17. The second-order valence-corrected chi connectivity index (χ2v) is 4.67. The van der Waals surface area contributed by atoms with Crippen molar-refractivity contribution < 1.29 is 4.79 Å². The van der Waals surface area contributed by atoms with Gasteiger partial charge in [0.1, 0.15) is 0 Å². The van der Waals surface area contributed by atoms with Crippen LogP contribution < -0.4 is 5.32 Å². The fourth-order valence-electron chi connectivity index (χ4n) is 2.12. The number of hydrogen-bond acceptors (Lipinski definition) is 2. The minimum Gasteiger partial charge on any atom is -0.322 e. The molecule has 4 nitrogen and oxygen atoms in total. The van der Waals surface area contributed by atoms with Gasteiger partial charge in [0.15, 0.2) is 0 Å². The van der Waals surface area contributed by atoms with Gasteiger partial charge >= 0.3 is 0 Å². The molecular weight excluding hydrogens is 238 g/mol. The Bertz CT molecular complexity index is 597. The average molecular weight is 257 g/mol. The highest BCUT2D eigenvalue weighted by molar-refractivity contribution is 6.05. The molecule has 1 N–H and O–H groups in total. The molecule has 2 aromatic rings. The van der Waals surface area contributed by atoms with Crippen molar-refractivity contribution in [1.82, 2.24) is 9.78 Å². The molecule has 0 saturated carbocycles. The Morgan fingerprint density at radius 1 is 1.26 bits per heavy atom. The first-order valence-corrected chi connectivity index (χ1v) is 6.43. The van der Waals surface area contributed by atoms with Crippen LogP contribution in [0.5, 0.6) is 0 Å². The third-order valence-corrected chi connectivity index (χ3v) is 3.36. The van der Waals surface area contributed by atoms with E-state index in [0.717, 1.165) is 23.5 Å². The van der Waals surface area contributed by atoms with Gasteiger partial charge in [-0.25, -0.2) is 0 Å². The molecule has 100 valence electrons. The van der Waals surface area contributed by atoms with Crippen LogP contribution in [0.15, 0.2) is 24.3 Å². The zero-order valence-corrected chi connectivity index (χ0v) is 11.8. The second-order valence-electron chi connectivity index (χ2n) is 4.67. The SMILES string of the molecule is CCc1ccc(NC(=O)c2c(C)nn(C)c2C)cc1. The Labute approximate surface area is 113 Å². The second kappa shape index (κ2) is 5.26. The van der Waals surface area contributed by atoms with Gasteiger partial charge in [-0.2, -0.15) is 5.10 Å². The molecule has 0 aliphatic heterocycles. The normalized spacial score (nSPS) is 10.5. The van der Waals surface area contributed by atoms with Crippen molar-refractivity contribution in [3.05, 3.63) is 46.8 Å². The Kier molecular flexibility index (Phi) is 3.69.